The fourth-order valence-corrected chi connectivity index (χ4v) is 4.05. The van der Waals surface area contributed by atoms with Gasteiger partial charge in [-0.15, -0.1) is 8.75 Å². The van der Waals surface area contributed by atoms with Gasteiger partial charge in [0.2, 0.25) is 0 Å². The summed E-state index contributed by atoms with van der Waals surface area (Å²) in [6, 6.07) is 1.74. The van der Waals surface area contributed by atoms with Gasteiger partial charge < -0.3 is 23.4 Å². The van der Waals surface area contributed by atoms with Crippen molar-refractivity contribution < 1.29 is 33.0 Å². The second kappa shape index (κ2) is 6.50. The van der Waals surface area contributed by atoms with Crippen LogP contribution in [0, 0.1) is 17.8 Å². The van der Waals surface area contributed by atoms with Crippen LogP contribution in [0.25, 0.3) is 0 Å². The van der Waals surface area contributed by atoms with Gasteiger partial charge >= 0.3 is 17.8 Å². The van der Waals surface area contributed by atoms with Crippen LogP contribution in [0.2, 0.25) is 0 Å². The highest BCUT2D eigenvalue weighted by atomic mass is 32.1. The molecule has 3 unspecified atom stereocenters. The summed E-state index contributed by atoms with van der Waals surface area (Å²) >= 11 is 0.915. The van der Waals surface area contributed by atoms with Gasteiger partial charge in [0.15, 0.2) is 12.7 Å². The lowest BCUT2D eigenvalue weighted by molar-refractivity contribution is -0.273. The molecule has 3 aliphatic heterocycles. The van der Waals surface area contributed by atoms with E-state index >= 15 is 0 Å². The number of hydrogen-bond acceptors (Lipinski definition) is 11. The number of furan rings is 1. The van der Waals surface area contributed by atoms with Crippen LogP contribution in [-0.4, -0.2) is 57.3 Å². The summed E-state index contributed by atoms with van der Waals surface area (Å²) in [5.41, 5.74) is 0.735. The average Bonchev–Trinajstić information content (AvgIpc) is 3.48. The monoisotopic (exact) mass is 403 g/mol. The molecule has 0 N–H and O–H groups in total. The van der Waals surface area contributed by atoms with Crippen molar-refractivity contribution in [1.82, 2.24) is 13.6 Å². The highest BCUT2D eigenvalue weighted by Gasteiger charge is 2.69. The highest BCUT2D eigenvalue weighted by molar-refractivity contribution is 6.99. The van der Waals surface area contributed by atoms with Crippen LogP contribution < -0.4 is 9.47 Å². The third kappa shape index (κ3) is 2.69. The number of fused-ring (bicyclic) bond motifs is 3. The molecular weight excluding hydrogens is 390 g/mol. The molecule has 3 fully saturated rings. The number of nitrogens with zero attached hydrogens (tertiary/aromatic N) is 3. The number of esters is 2. The maximum absolute atomic E-state index is 11.6. The molecule has 0 amide bonds. The SMILES string of the molecule is O=C1OC2(OC1=O)C(Oc1nsnc1OCC#Cc1ccoc1)C1CCN2C1. The van der Waals surface area contributed by atoms with E-state index in [1.165, 1.54) is 12.5 Å². The van der Waals surface area contributed by atoms with Crippen LogP contribution in [0.5, 0.6) is 11.8 Å². The summed E-state index contributed by atoms with van der Waals surface area (Å²) < 4.78 is 35.2. The molecule has 3 saturated heterocycles. The zero-order valence-electron chi connectivity index (χ0n) is 14.3. The molecule has 3 aliphatic rings. The molecule has 11 heteroatoms. The van der Waals surface area contributed by atoms with E-state index in [1.807, 2.05) is 0 Å². The second-order valence-electron chi connectivity index (χ2n) is 6.42. The fraction of sp³-hybridized carbons (Fsp3) is 0.412. The van der Waals surface area contributed by atoms with Crippen molar-refractivity contribution in [3.05, 3.63) is 24.2 Å². The minimum Gasteiger partial charge on any atom is -0.471 e. The Morgan fingerprint density at radius 2 is 2.11 bits per heavy atom. The number of ether oxygens (including phenoxy) is 4. The zero-order chi connectivity index (χ0) is 19.1. The summed E-state index contributed by atoms with van der Waals surface area (Å²) in [5.74, 6) is 2.46. The van der Waals surface area contributed by atoms with Crippen LogP contribution in [0.4, 0.5) is 0 Å². The molecule has 2 aromatic heterocycles. The van der Waals surface area contributed by atoms with E-state index in [0.29, 0.717) is 13.1 Å². The third-order valence-corrected chi connectivity index (χ3v) is 5.30. The lowest BCUT2D eigenvalue weighted by Crippen LogP contribution is -2.57. The molecule has 1 spiro atoms. The van der Waals surface area contributed by atoms with Crippen LogP contribution in [0.1, 0.15) is 12.0 Å². The minimum atomic E-state index is -1.54. The van der Waals surface area contributed by atoms with E-state index < -0.39 is 24.0 Å². The van der Waals surface area contributed by atoms with Crippen molar-refractivity contribution in [2.45, 2.75) is 18.4 Å². The number of carbonyl (C=O) groups excluding carboxylic acids is 2. The smallest absolute Gasteiger partial charge is 0.422 e. The molecule has 0 aromatic carbocycles. The first-order valence-corrected chi connectivity index (χ1v) is 9.23. The summed E-state index contributed by atoms with van der Waals surface area (Å²) in [6.45, 7) is 1.31. The maximum Gasteiger partial charge on any atom is 0.422 e. The van der Waals surface area contributed by atoms with E-state index in [4.69, 9.17) is 23.4 Å². The molecule has 5 rings (SSSR count). The van der Waals surface area contributed by atoms with Gasteiger partial charge in [-0.2, -0.15) is 0 Å². The van der Waals surface area contributed by atoms with Crippen molar-refractivity contribution >= 4 is 23.7 Å². The topological polar surface area (TPSA) is 113 Å². The Bertz CT molecular complexity index is 961. The summed E-state index contributed by atoms with van der Waals surface area (Å²) in [7, 11) is 0. The Labute approximate surface area is 162 Å². The number of hydrogen-bond donors (Lipinski definition) is 0. The van der Waals surface area contributed by atoms with Gasteiger partial charge in [0.1, 0.15) is 6.26 Å². The van der Waals surface area contributed by atoms with E-state index in [0.717, 1.165) is 23.7 Å². The highest BCUT2D eigenvalue weighted by Crippen LogP contribution is 2.47. The number of rotatable bonds is 4. The van der Waals surface area contributed by atoms with Crippen molar-refractivity contribution in [1.29, 1.82) is 0 Å². The van der Waals surface area contributed by atoms with Crippen LogP contribution >= 0.6 is 11.7 Å². The van der Waals surface area contributed by atoms with Gasteiger partial charge in [0.25, 0.3) is 11.8 Å². The normalized spacial score (nSPS) is 26.6. The molecular formula is C17H13N3O7S. The Kier molecular flexibility index (Phi) is 3.96. The fourth-order valence-electron chi connectivity index (χ4n) is 3.61. The van der Waals surface area contributed by atoms with Crippen LogP contribution in [0.15, 0.2) is 23.0 Å². The molecule has 28 heavy (non-hydrogen) atoms. The van der Waals surface area contributed by atoms with Gasteiger partial charge in [-0.1, -0.05) is 11.8 Å². The molecule has 144 valence electrons. The second-order valence-corrected chi connectivity index (χ2v) is 6.95. The van der Waals surface area contributed by atoms with Gasteiger partial charge in [-0.05, 0) is 12.5 Å². The number of aromatic nitrogens is 2. The summed E-state index contributed by atoms with van der Waals surface area (Å²) in [5, 5.41) is 0. The summed E-state index contributed by atoms with van der Waals surface area (Å²) in [6.07, 6.45) is 3.18. The van der Waals surface area contributed by atoms with Gasteiger partial charge in [-0.3, -0.25) is 0 Å². The summed E-state index contributed by atoms with van der Waals surface area (Å²) in [4.78, 5) is 25.1. The lowest BCUT2D eigenvalue weighted by Gasteiger charge is -2.36. The standard InChI is InChI=1S/C17H13N3O7S/c21-15-16(22)27-17(26-15)12(11-3-5-20(17)8-11)25-14-13(18-28-19-14)24-6-1-2-10-4-7-23-9-10/h4,7,9,11-12H,3,5-6,8H2. The van der Waals surface area contributed by atoms with Crippen LogP contribution in [-0.2, 0) is 19.1 Å². The molecule has 0 radical (unpaired) electrons. The Morgan fingerprint density at radius 3 is 2.89 bits per heavy atom. The molecule has 2 bridgehead atoms. The first kappa shape index (κ1) is 17.0. The van der Waals surface area contributed by atoms with E-state index in [1.54, 1.807) is 11.0 Å². The van der Waals surface area contributed by atoms with E-state index in [2.05, 4.69) is 20.6 Å². The van der Waals surface area contributed by atoms with Crippen molar-refractivity contribution in [3.63, 3.8) is 0 Å². The quantitative estimate of drug-likeness (QED) is 0.404. The Hall–Kier alpha value is -3.10. The maximum atomic E-state index is 11.6. The average molecular weight is 403 g/mol. The predicted molar refractivity (Wildman–Crippen MR) is 90.0 cm³/mol. The number of piperidine rings is 1. The van der Waals surface area contributed by atoms with Gasteiger partial charge in [-0.25, -0.2) is 14.5 Å². The molecule has 0 saturated carbocycles. The third-order valence-electron chi connectivity index (χ3n) is 4.80. The Morgan fingerprint density at radius 1 is 1.29 bits per heavy atom. The molecule has 5 heterocycles. The van der Waals surface area contributed by atoms with Gasteiger partial charge in [0, 0.05) is 19.0 Å². The number of carbonyl (C=O) groups is 2. The largest absolute Gasteiger partial charge is 0.471 e. The van der Waals surface area contributed by atoms with E-state index in [-0.39, 0.29) is 24.3 Å². The predicted octanol–water partition coefficient (Wildman–Crippen LogP) is 0.398. The lowest BCUT2D eigenvalue weighted by atomic mass is 9.99. The first-order chi connectivity index (χ1) is 13.7. The molecule has 3 atom stereocenters. The molecule has 2 aromatic rings. The molecule has 0 aliphatic carbocycles. The van der Waals surface area contributed by atoms with E-state index in [9.17, 15) is 9.59 Å². The van der Waals surface area contributed by atoms with Crippen LogP contribution in [0.3, 0.4) is 0 Å². The van der Waals surface area contributed by atoms with Crippen molar-refractivity contribution in [2.75, 3.05) is 19.7 Å². The first-order valence-electron chi connectivity index (χ1n) is 8.50. The zero-order valence-corrected chi connectivity index (χ0v) is 15.1. The Balaban J connectivity index is 1.31. The molecule has 10 nitrogen and oxygen atoms in total. The van der Waals surface area contributed by atoms with Crippen molar-refractivity contribution in [2.24, 2.45) is 5.92 Å². The van der Waals surface area contributed by atoms with Crippen molar-refractivity contribution in [3.8, 4) is 23.6 Å². The minimum absolute atomic E-state index is 0.0223. The van der Waals surface area contributed by atoms with Gasteiger partial charge in [0.05, 0.1) is 23.6 Å².